The average molecular weight is 314 g/mol. The molecule has 0 aliphatic heterocycles. The van der Waals surface area contributed by atoms with Gasteiger partial charge in [-0.3, -0.25) is 4.79 Å². The van der Waals surface area contributed by atoms with Crippen molar-refractivity contribution in [3.63, 3.8) is 0 Å². The maximum Gasteiger partial charge on any atom is 0.336 e. The van der Waals surface area contributed by atoms with Gasteiger partial charge in [-0.1, -0.05) is 18.2 Å². The van der Waals surface area contributed by atoms with Crippen molar-refractivity contribution in [1.29, 1.82) is 0 Å². The fourth-order valence-electron chi connectivity index (χ4n) is 2.06. The van der Waals surface area contributed by atoms with Crippen molar-refractivity contribution in [2.75, 3.05) is 0 Å². The van der Waals surface area contributed by atoms with Crippen LogP contribution in [0.2, 0.25) is 0 Å². The van der Waals surface area contributed by atoms with Gasteiger partial charge in [0.15, 0.2) is 0 Å². The number of halogens is 1. The summed E-state index contributed by atoms with van der Waals surface area (Å²) in [4.78, 5) is 22.4. The third-order valence-corrected chi connectivity index (χ3v) is 3.15. The maximum atomic E-state index is 13.3. The molecule has 0 radical (unpaired) electrons. The van der Waals surface area contributed by atoms with Crippen molar-refractivity contribution >= 4 is 23.6 Å². The second-order valence-electron chi connectivity index (χ2n) is 4.99. The molecule has 0 saturated heterocycles. The Hall–Kier alpha value is -2.95. The van der Waals surface area contributed by atoms with E-state index in [1.165, 1.54) is 37.3 Å². The molecule has 0 saturated carbocycles. The fourth-order valence-corrected chi connectivity index (χ4v) is 2.06. The fraction of sp³-hybridized carbons (Fsp3) is 0.111. The second-order valence-corrected chi connectivity index (χ2v) is 4.99. The zero-order valence-electron chi connectivity index (χ0n) is 12.7. The average Bonchev–Trinajstić information content (AvgIpc) is 2.48. The van der Waals surface area contributed by atoms with Crippen LogP contribution in [-0.4, -0.2) is 17.0 Å². The zero-order chi connectivity index (χ0) is 17.0. The molecule has 0 spiro atoms. The molecule has 0 amide bonds. The van der Waals surface area contributed by atoms with Crippen LogP contribution in [-0.2, 0) is 9.59 Å². The number of carbonyl (C=O) groups excluding carboxylic acids is 1. The van der Waals surface area contributed by atoms with Gasteiger partial charge in [-0.25, -0.2) is 9.18 Å². The van der Waals surface area contributed by atoms with E-state index in [9.17, 15) is 19.1 Å². The summed E-state index contributed by atoms with van der Waals surface area (Å²) in [6.07, 6.45) is 1.47. The molecule has 0 aromatic heterocycles. The smallest absolute Gasteiger partial charge is 0.336 e. The molecule has 0 fully saturated rings. The number of aryl methyl sites for hydroxylation is 1. The minimum atomic E-state index is -1.10. The van der Waals surface area contributed by atoms with Crippen molar-refractivity contribution in [3.8, 4) is 5.75 Å². The summed E-state index contributed by atoms with van der Waals surface area (Å²) in [5.41, 5.74) is 1.54. The largest absolute Gasteiger partial charge is 0.478 e. The van der Waals surface area contributed by atoms with Gasteiger partial charge in [0, 0.05) is 6.92 Å². The molecule has 23 heavy (non-hydrogen) atoms. The van der Waals surface area contributed by atoms with Gasteiger partial charge in [0.2, 0.25) is 0 Å². The van der Waals surface area contributed by atoms with E-state index in [0.29, 0.717) is 22.4 Å². The monoisotopic (exact) mass is 314 g/mol. The van der Waals surface area contributed by atoms with Crippen LogP contribution < -0.4 is 4.74 Å². The number of carbonyl (C=O) groups is 2. The van der Waals surface area contributed by atoms with Gasteiger partial charge in [0.25, 0.3) is 0 Å². The Morgan fingerprint density at radius 2 is 1.78 bits per heavy atom. The lowest BCUT2D eigenvalue weighted by Gasteiger charge is -2.06. The standard InChI is InChI=1S/C18H15FO4/c1-11-9-13(3-8-17(11)19)10-16(18(21)22)14-4-6-15(7-5-14)23-12(2)20/h3-10H,1-2H3,(H,21,22)/b16-10+. The molecule has 0 aliphatic carbocycles. The van der Waals surface area contributed by atoms with E-state index in [4.69, 9.17) is 4.74 Å². The van der Waals surface area contributed by atoms with Gasteiger partial charge in [0.05, 0.1) is 5.57 Å². The van der Waals surface area contributed by atoms with Crippen molar-refractivity contribution in [3.05, 3.63) is 65.0 Å². The number of hydrogen-bond acceptors (Lipinski definition) is 3. The lowest BCUT2D eigenvalue weighted by atomic mass is 10.0. The lowest BCUT2D eigenvalue weighted by Crippen LogP contribution is -2.02. The molecular weight excluding hydrogens is 299 g/mol. The molecule has 2 rings (SSSR count). The van der Waals surface area contributed by atoms with Crippen LogP contribution in [0.15, 0.2) is 42.5 Å². The predicted molar refractivity (Wildman–Crippen MR) is 84.4 cm³/mol. The van der Waals surface area contributed by atoms with Crippen molar-refractivity contribution in [1.82, 2.24) is 0 Å². The highest BCUT2D eigenvalue weighted by atomic mass is 19.1. The molecule has 0 aliphatic rings. The van der Waals surface area contributed by atoms with Gasteiger partial charge in [-0.15, -0.1) is 0 Å². The Balaban J connectivity index is 2.37. The summed E-state index contributed by atoms with van der Waals surface area (Å²) in [6, 6.07) is 10.5. The van der Waals surface area contributed by atoms with Gasteiger partial charge in [-0.05, 0) is 54.0 Å². The first-order valence-corrected chi connectivity index (χ1v) is 6.87. The first-order chi connectivity index (χ1) is 10.9. The van der Waals surface area contributed by atoms with Crippen LogP contribution in [0, 0.1) is 12.7 Å². The highest BCUT2D eigenvalue weighted by Crippen LogP contribution is 2.22. The highest BCUT2D eigenvalue weighted by Gasteiger charge is 2.11. The second kappa shape index (κ2) is 6.87. The molecule has 2 aromatic carbocycles. The van der Waals surface area contributed by atoms with Gasteiger partial charge >= 0.3 is 11.9 Å². The third kappa shape index (κ3) is 4.26. The quantitative estimate of drug-likeness (QED) is 0.405. The van der Waals surface area contributed by atoms with Crippen LogP contribution in [0.4, 0.5) is 4.39 Å². The molecule has 118 valence electrons. The molecule has 0 heterocycles. The SMILES string of the molecule is CC(=O)Oc1ccc(/C(=C\c2ccc(F)c(C)c2)C(=O)O)cc1. The number of carboxylic acid groups (broad SMARTS) is 1. The van der Waals surface area contributed by atoms with E-state index in [0.717, 1.165) is 0 Å². The first kappa shape index (κ1) is 16.4. The molecule has 0 bridgehead atoms. The summed E-state index contributed by atoms with van der Waals surface area (Å²) in [7, 11) is 0. The minimum absolute atomic E-state index is 0.0605. The number of aliphatic carboxylic acids is 1. The van der Waals surface area contributed by atoms with E-state index in [1.54, 1.807) is 25.1 Å². The van der Waals surface area contributed by atoms with Crippen LogP contribution in [0.1, 0.15) is 23.6 Å². The van der Waals surface area contributed by atoms with E-state index in [1.807, 2.05) is 0 Å². The topological polar surface area (TPSA) is 63.6 Å². The summed E-state index contributed by atoms with van der Waals surface area (Å²) < 4.78 is 18.2. The van der Waals surface area contributed by atoms with Crippen LogP contribution in [0.25, 0.3) is 11.6 Å². The van der Waals surface area contributed by atoms with Gasteiger partial charge in [-0.2, -0.15) is 0 Å². The Morgan fingerprint density at radius 3 is 2.30 bits per heavy atom. The minimum Gasteiger partial charge on any atom is -0.478 e. The Labute approximate surface area is 132 Å². The Morgan fingerprint density at radius 1 is 1.13 bits per heavy atom. The number of benzene rings is 2. The van der Waals surface area contributed by atoms with Crippen LogP contribution in [0.3, 0.4) is 0 Å². The van der Waals surface area contributed by atoms with E-state index in [-0.39, 0.29) is 11.4 Å². The summed E-state index contributed by atoms with van der Waals surface area (Å²) >= 11 is 0. The number of rotatable bonds is 4. The Kier molecular flexibility index (Phi) is 4.91. The molecule has 1 N–H and O–H groups in total. The predicted octanol–water partition coefficient (Wildman–Crippen LogP) is 3.68. The Bertz CT molecular complexity index is 776. The van der Waals surface area contributed by atoms with Crippen LogP contribution in [0.5, 0.6) is 5.75 Å². The third-order valence-electron chi connectivity index (χ3n) is 3.15. The first-order valence-electron chi connectivity index (χ1n) is 6.87. The molecule has 4 nitrogen and oxygen atoms in total. The summed E-state index contributed by atoms with van der Waals surface area (Å²) in [5.74, 6) is -1.56. The van der Waals surface area contributed by atoms with Gasteiger partial charge in [0.1, 0.15) is 11.6 Å². The molecule has 0 atom stereocenters. The number of hydrogen-bond donors (Lipinski definition) is 1. The van der Waals surface area contributed by atoms with E-state index >= 15 is 0 Å². The summed E-state index contributed by atoms with van der Waals surface area (Å²) in [5, 5.41) is 9.40. The summed E-state index contributed by atoms with van der Waals surface area (Å²) in [6.45, 7) is 2.90. The molecule has 5 heteroatoms. The van der Waals surface area contributed by atoms with Crippen molar-refractivity contribution in [2.24, 2.45) is 0 Å². The number of ether oxygens (including phenoxy) is 1. The molecule has 0 unspecified atom stereocenters. The van der Waals surface area contributed by atoms with Crippen molar-refractivity contribution < 1.29 is 23.8 Å². The number of esters is 1. The van der Waals surface area contributed by atoms with Crippen molar-refractivity contribution in [2.45, 2.75) is 13.8 Å². The lowest BCUT2D eigenvalue weighted by molar-refractivity contribution is -0.132. The maximum absolute atomic E-state index is 13.3. The molecular formula is C18H15FO4. The van der Waals surface area contributed by atoms with E-state index in [2.05, 4.69) is 0 Å². The highest BCUT2D eigenvalue weighted by molar-refractivity contribution is 6.20. The van der Waals surface area contributed by atoms with Gasteiger partial charge < -0.3 is 9.84 Å². The van der Waals surface area contributed by atoms with Crippen LogP contribution >= 0.6 is 0 Å². The molecule has 2 aromatic rings. The number of carboxylic acids is 1. The van der Waals surface area contributed by atoms with E-state index < -0.39 is 11.9 Å². The zero-order valence-corrected chi connectivity index (χ0v) is 12.7. The normalized spacial score (nSPS) is 11.2.